The predicted molar refractivity (Wildman–Crippen MR) is 118 cm³/mol. The molecule has 2 N–H and O–H groups in total. The number of carbonyl (C=O) groups is 2. The van der Waals surface area contributed by atoms with E-state index in [2.05, 4.69) is 10.6 Å². The van der Waals surface area contributed by atoms with Crippen LogP contribution < -0.4 is 20.1 Å². The van der Waals surface area contributed by atoms with Crippen LogP contribution in [0.5, 0.6) is 11.5 Å². The lowest BCUT2D eigenvalue weighted by atomic mass is 9.95. The van der Waals surface area contributed by atoms with Crippen LogP contribution in [0.3, 0.4) is 0 Å². The lowest BCUT2D eigenvalue weighted by molar-refractivity contribution is -0.139. The second-order valence-corrected chi connectivity index (χ2v) is 7.58. The van der Waals surface area contributed by atoms with Crippen LogP contribution in [0.15, 0.2) is 47.7 Å². The Morgan fingerprint density at radius 1 is 1.16 bits per heavy atom. The highest BCUT2D eigenvalue weighted by atomic mass is 35.5. The van der Waals surface area contributed by atoms with Crippen molar-refractivity contribution in [3.8, 4) is 11.5 Å². The van der Waals surface area contributed by atoms with E-state index in [1.165, 1.54) is 7.11 Å². The molecule has 2 amide bonds. The van der Waals surface area contributed by atoms with Crippen LogP contribution in [-0.2, 0) is 16.1 Å². The third kappa shape index (κ3) is 5.24. The van der Waals surface area contributed by atoms with Gasteiger partial charge in [-0.05, 0) is 49.2 Å². The van der Waals surface area contributed by atoms with Crippen LogP contribution >= 0.6 is 23.2 Å². The second-order valence-electron chi connectivity index (χ2n) is 6.74. The molecule has 0 radical (unpaired) electrons. The van der Waals surface area contributed by atoms with Crippen molar-refractivity contribution in [3.05, 3.63) is 68.8 Å². The molecule has 1 aliphatic rings. The average molecular weight is 465 g/mol. The van der Waals surface area contributed by atoms with E-state index in [0.717, 1.165) is 5.56 Å². The zero-order chi connectivity index (χ0) is 22.5. The van der Waals surface area contributed by atoms with Crippen molar-refractivity contribution in [3.63, 3.8) is 0 Å². The Hall–Kier alpha value is -2.90. The summed E-state index contributed by atoms with van der Waals surface area (Å²) in [4.78, 5) is 24.6. The van der Waals surface area contributed by atoms with E-state index in [9.17, 15) is 9.59 Å². The van der Waals surface area contributed by atoms with E-state index in [1.54, 1.807) is 38.1 Å². The van der Waals surface area contributed by atoms with Gasteiger partial charge in [-0.25, -0.2) is 9.59 Å². The number of halogens is 2. The monoisotopic (exact) mass is 464 g/mol. The molecule has 2 aromatic rings. The van der Waals surface area contributed by atoms with Crippen LogP contribution in [0.25, 0.3) is 0 Å². The maximum absolute atomic E-state index is 12.5. The molecule has 0 spiro atoms. The minimum absolute atomic E-state index is 0.206. The number of methoxy groups -OCH3 is 1. The smallest absolute Gasteiger partial charge is 0.338 e. The third-order valence-corrected chi connectivity index (χ3v) is 5.18. The first-order chi connectivity index (χ1) is 14.8. The van der Waals surface area contributed by atoms with E-state index in [0.29, 0.717) is 27.8 Å². The van der Waals surface area contributed by atoms with Gasteiger partial charge in [0.15, 0.2) is 11.5 Å². The Labute approximate surface area is 190 Å². The van der Waals surface area contributed by atoms with E-state index >= 15 is 0 Å². The van der Waals surface area contributed by atoms with Crippen molar-refractivity contribution in [1.82, 2.24) is 10.6 Å². The molecule has 0 aromatic heterocycles. The number of rotatable bonds is 7. The Bertz CT molecular complexity index is 1020. The lowest BCUT2D eigenvalue weighted by Gasteiger charge is -2.28. The summed E-state index contributed by atoms with van der Waals surface area (Å²) in [6.45, 7) is 3.81. The van der Waals surface area contributed by atoms with Crippen molar-refractivity contribution >= 4 is 35.2 Å². The lowest BCUT2D eigenvalue weighted by Crippen LogP contribution is -2.45. The molecule has 2 aromatic carbocycles. The highest BCUT2D eigenvalue weighted by molar-refractivity contribution is 6.32. The fraction of sp³-hybridized carbons (Fsp3) is 0.273. The molecule has 1 heterocycles. The molecular weight excluding hydrogens is 443 g/mol. The number of amides is 2. The Morgan fingerprint density at radius 3 is 2.52 bits per heavy atom. The number of esters is 1. The molecule has 7 nitrogen and oxygen atoms in total. The van der Waals surface area contributed by atoms with Crippen LogP contribution in [0, 0.1) is 0 Å². The summed E-state index contributed by atoms with van der Waals surface area (Å²) in [6.07, 6.45) is 0. The van der Waals surface area contributed by atoms with Gasteiger partial charge in [-0.3, -0.25) is 0 Å². The van der Waals surface area contributed by atoms with Crippen molar-refractivity contribution < 1.29 is 23.8 Å². The van der Waals surface area contributed by atoms with Crippen molar-refractivity contribution in [2.75, 3.05) is 13.7 Å². The third-order valence-electron chi connectivity index (χ3n) is 4.65. The summed E-state index contributed by atoms with van der Waals surface area (Å²) in [6, 6.07) is 9.34. The first-order valence-electron chi connectivity index (χ1n) is 9.54. The zero-order valence-corrected chi connectivity index (χ0v) is 18.8. The van der Waals surface area contributed by atoms with Crippen LogP contribution in [0.1, 0.15) is 31.0 Å². The number of urea groups is 1. The Morgan fingerprint density at radius 2 is 1.87 bits per heavy atom. The fourth-order valence-electron chi connectivity index (χ4n) is 3.21. The topological polar surface area (TPSA) is 85.9 Å². The summed E-state index contributed by atoms with van der Waals surface area (Å²) in [7, 11) is 1.49. The Kier molecular flexibility index (Phi) is 7.30. The molecule has 1 aliphatic heterocycles. The SMILES string of the molecule is CCOC(=O)C1=C(C)NC(=O)N[C@H]1c1cc(Cl)c(OCc2ccc(Cl)cc2)c(OC)c1. The van der Waals surface area contributed by atoms with Gasteiger partial charge < -0.3 is 24.8 Å². The van der Waals surface area contributed by atoms with Gasteiger partial charge in [-0.2, -0.15) is 0 Å². The molecule has 0 saturated carbocycles. The highest BCUT2D eigenvalue weighted by Gasteiger charge is 2.33. The van der Waals surface area contributed by atoms with Crippen LogP contribution in [0.2, 0.25) is 10.0 Å². The quantitative estimate of drug-likeness (QED) is 0.576. The molecule has 9 heteroatoms. The molecule has 0 bridgehead atoms. The number of ether oxygens (including phenoxy) is 3. The summed E-state index contributed by atoms with van der Waals surface area (Å²) >= 11 is 12.4. The molecule has 0 aliphatic carbocycles. The minimum Gasteiger partial charge on any atom is -0.493 e. The number of nitrogens with one attached hydrogen (secondary N) is 2. The minimum atomic E-state index is -0.760. The second kappa shape index (κ2) is 9.94. The van der Waals surface area contributed by atoms with E-state index < -0.39 is 18.0 Å². The molecule has 1 atom stereocenters. The number of benzene rings is 2. The first-order valence-corrected chi connectivity index (χ1v) is 10.3. The fourth-order valence-corrected chi connectivity index (χ4v) is 3.61. The summed E-state index contributed by atoms with van der Waals surface area (Å²) in [5.41, 5.74) is 2.15. The number of hydrogen-bond donors (Lipinski definition) is 2. The normalized spacial score (nSPS) is 15.8. The summed E-state index contributed by atoms with van der Waals surface area (Å²) < 4.78 is 16.5. The standard InChI is InChI=1S/C22H22Cl2N2O5/c1-4-30-21(27)18-12(2)25-22(28)26-19(18)14-9-16(24)20(17(10-14)29-3)31-11-13-5-7-15(23)8-6-13/h5-10,19H,4,11H2,1-3H3,(H2,25,26,28)/t19-/m0/s1. The number of allylic oxidation sites excluding steroid dienone is 1. The molecule has 164 valence electrons. The summed E-state index contributed by atoms with van der Waals surface area (Å²) in [5, 5.41) is 6.24. The number of hydrogen-bond acceptors (Lipinski definition) is 5. The van der Waals surface area contributed by atoms with Gasteiger partial charge in [-0.15, -0.1) is 0 Å². The largest absolute Gasteiger partial charge is 0.493 e. The molecule has 0 saturated heterocycles. The van der Waals surface area contributed by atoms with Gasteiger partial charge in [0.05, 0.1) is 30.4 Å². The van der Waals surface area contributed by atoms with Crippen molar-refractivity contribution in [2.45, 2.75) is 26.5 Å². The molecule has 31 heavy (non-hydrogen) atoms. The molecule has 0 unspecified atom stereocenters. The van der Waals surface area contributed by atoms with Gasteiger partial charge in [0.2, 0.25) is 0 Å². The van der Waals surface area contributed by atoms with Crippen molar-refractivity contribution in [2.24, 2.45) is 0 Å². The maximum Gasteiger partial charge on any atom is 0.338 e. The highest BCUT2D eigenvalue weighted by Crippen LogP contribution is 2.40. The first kappa shape index (κ1) is 22.8. The van der Waals surface area contributed by atoms with Crippen molar-refractivity contribution in [1.29, 1.82) is 0 Å². The molecular formula is C22H22Cl2N2O5. The van der Waals surface area contributed by atoms with E-state index in [4.69, 9.17) is 37.4 Å². The van der Waals surface area contributed by atoms with Gasteiger partial charge in [0, 0.05) is 10.7 Å². The van der Waals surface area contributed by atoms with E-state index in [-0.39, 0.29) is 23.8 Å². The number of carbonyl (C=O) groups excluding carboxylic acids is 2. The molecule has 3 rings (SSSR count). The zero-order valence-electron chi connectivity index (χ0n) is 17.3. The van der Waals surface area contributed by atoms with Gasteiger partial charge in [-0.1, -0.05) is 35.3 Å². The summed E-state index contributed by atoms with van der Waals surface area (Å²) in [5.74, 6) is 0.183. The van der Waals surface area contributed by atoms with E-state index in [1.807, 2.05) is 12.1 Å². The molecule has 0 fully saturated rings. The van der Waals surface area contributed by atoms with Gasteiger partial charge >= 0.3 is 12.0 Å². The predicted octanol–water partition coefficient (Wildman–Crippen LogP) is 4.77. The van der Waals surface area contributed by atoms with Crippen LogP contribution in [-0.4, -0.2) is 25.7 Å². The van der Waals surface area contributed by atoms with Crippen LogP contribution in [0.4, 0.5) is 4.79 Å². The van der Waals surface area contributed by atoms with Gasteiger partial charge in [0.1, 0.15) is 6.61 Å². The Balaban J connectivity index is 1.93. The maximum atomic E-state index is 12.5. The average Bonchev–Trinajstić information content (AvgIpc) is 2.73. The van der Waals surface area contributed by atoms with Gasteiger partial charge in [0.25, 0.3) is 0 Å².